The molecule has 4 nitrogen and oxygen atoms in total. The van der Waals surface area contributed by atoms with Gasteiger partial charge in [0, 0.05) is 26.7 Å². The molecule has 0 unspecified atom stereocenters. The molecule has 0 N–H and O–H groups in total. The van der Waals surface area contributed by atoms with Crippen molar-refractivity contribution in [2.24, 2.45) is 0 Å². The molecule has 0 aliphatic heterocycles. The summed E-state index contributed by atoms with van der Waals surface area (Å²) in [5.74, 6) is 0.945. The van der Waals surface area contributed by atoms with E-state index < -0.39 is 35.4 Å². The zero-order valence-corrected chi connectivity index (χ0v) is 21.6. The molecule has 0 spiro atoms. The third-order valence-electron chi connectivity index (χ3n) is 4.81. The van der Waals surface area contributed by atoms with Crippen molar-refractivity contribution in [3.8, 4) is 11.5 Å². The maximum atomic E-state index is 13.8. The van der Waals surface area contributed by atoms with Crippen LogP contribution in [-0.4, -0.2) is 20.6 Å². The van der Waals surface area contributed by atoms with Crippen LogP contribution < -0.4 is 9.05 Å². The minimum atomic E-state index is -3.07. The van der Waals surface area contributed by atoms with Gasteiger partial charge in [-0.1, -0.05) is 89.2 Å². The molecule has 0 heterocycles. The molecule has 28 heavy (non-hydrogen) atoms. The summed E-state index contributed by atoms with van der Waals surface area (Å²) in [5, 5.41) is -2.08. The highest BCUT2D eigenvalue weighted by molar-refractivity contribution is 7.63. The molecule has 0 saturated heterocycles. The monoisotopic (exact) mass is 430 g/mol. The molecule has 0 aliphatic rings. The quantitative estimate of drug-likeness (QED) is 0.452. The van der Waals surface area contributed by atoms with Crippen LogP contribution in [0.4, 0.5) is 0 Å². The van der Waals surface area contributed by atoms with Crippen molar-refractivity contribution in [3.05, 3.63) is 24.3 Å². The van der Waals surface area contributed by atoms with Crippen molar-refractivity contribution in [1.29, 1.82) is 0 Å². The molecule has 0 saturated carbocycles. The van der Waals surface area contributed by atoms with Gasteiger partial charge in [-0.25, -0.2) is 0 Å². The highest BCUT2D eigenvalue weighted by atomic mass is 31.2. The summed E-state index contributed by atoms with van der Waals surface area (Å²) in [6, 6.07) is 7.04. The van der Waals surface area contributed by atoms with Crippen LogP contribution in [0.3, 0.4) is 0 Å². The van der Waals surface area contributed by atoms with Crippen molar-refractivity contribution in [1.82, 2.24) is 0 Å². The van der Waals surface area contributed by atoms with Crippen LogP contribution in [-0.2, 0) is 9.13 Å². The van der Waals surface area contributed by atoms with Crippen LogP contribution >= 0.6 is 14.7 Å². The molecule has 0 atom stereocenters. The molecular weight excluding hydrogens is 390 g/mol. The van der Waals surface area contributed by atoms with Crippen LogP contribution in [0.25, 0.3) is 0 Å². The topological polar surface area (TPSA) is 52.6 Å². The van der Waals surface area contributed by atoms with Gasteiger partial charge in [-0.2, -0.15) is 0 Å². The van der Waals surface area contributed by atoms with E-state index in [9.17, 15) is 9.13 Å². The van der Waals surface area contributed by atoms with Gasteiger partial charge in [-0.3, -0.25) is 9.13 Å². The van der Waals surface area contributed by atoms with Crippen LogP contribution in [0.1, 0.15) is 83.1 Å². The van der Waals surface area contributed by atoms with E-state index in [2.05, 4.69) is 0 Å². The second kappa shape index (κ2) is 7.51. The first-order valence-electron chi connectivity index (χ1n) is 9.85. The van der Waals surface area contributed by atoms with Crippen LogP contribution in [0.2, 0.25) is 0 Å². The number of rotatable bonds is 4. The Morgan fingerprint density at radius 3 is 1.04 bits per heavy atom. The van der Waals surface area contributed by atoms with E-state index in [1.807, 2.05) is 83.1 Å². The fourth-order valence-electron chi connectivity index (χ4n) is 3.44. The van der Waals surface area contributed by atoms with E-state index in [1.165, 1.54) is 0 Å². The summed E-state index contributed by atoms with van der Waals surface area (Å²) in [5.41, 5.74) is 0. The summed E-state index contributed by atoms with van der Waals surface area (Å²) >= 11 is 0. The van der Waals surface area contributed by atoms with E-state index in [4.69, 9.17) is 9.05 Å². The van der Waals surface area contributed by atoms with Gasteiger partial charge in [0.2, 0.25) is 0 Å². The van der Waals surface area contributed by atoms with Crippen molar-refractivity contribution in [2.75, 3.05) is 0 Å². The van der Waals surface area contributed by atoms with Crippen molar-refractivity contribution in [3.63, 3.8) is 0 Å². The lowest BCUT2D eigenvalue weighted by atomic mass is 10.2. The second-order valence-corrected chi connectivity index (χ2v) is 19.4. The van der Waals surface area contributed by atoms with Gasteiger partial charge in [0.1, 0.15) is 11.5 Å². The lowest BCUT2D eigenvalue weighted by molar-refractivity contribution is 0.410. The van der Waals surface area contributed by atoms with Crippen molar-refractivity contribution >= 4 is 14.7 Å². The zero-order chi connectivity index (χ0) is 22.4. The largest absolute Gasteiger partial charge is 0.442 e. The Morgan fingerprint density at radius 1 is 0.571 bits per heavy atom. The van der Waals surface area contributed by atoms with Crippen molar-refractivity contribution < 1.29 is 18.2 Å². The maximum Gasteiger partial charge on any atom is 0.258 e. The predicted molar refractivity (Wildman–Crippen MR) is 122 cm³/mol. The van der Waals surface area contributed by atoms with Gasteiger partial charge in [0.15, 0.2) is 0 Å². The van der Waals surface area contributed by atoms with E-state index in [-0.39, 0.29) is 0 Å². The first kappa shape index (κ1) is 25.3. The van der Waals surface area contributed by atoms with E-state index >= 15 is 0 Å². The second-order valence-electron chi connectivity index (χ2n) is 11.4. The smallest absolute Gasteiger partial charge is 0.258 e. The van der Waals surface area contributed by atoms with E-state index in [0.29, 0.717) is 11.5 Å². The van der Waals surface area contributed by atoms with Crippen molar-refractivity contribution in [2.45, 2.75) is 104 Å². The highest BCUT2D eigenvalue weighted by Crippen LogP contribution is 2.68. The summed E-state index contributed by atoms with van der Waals surface area (Å²) in [7, 11) is -6.14. The minimum Gasteiger partial charge on any atom is -0.442 e. The molecule has 6 heteroatoms. The van der Waals surface area contributed by atoms with Crippen LogP contribution in [0.15, 0.2) is 24.3 Å². The molecule has 162 valence electrons. The Morgan fingerprint density at radius 2 is 0.821 bits per heavy atom. The van der Waals surface area contributed by atoms with Gasteiger partial charge in [-0.15, -0.1) is 0 Å². The Bertz CT molecular complexity index is 685. The molecular formula is C22H40O4P2. The fraction of sp³-hybridized carbons (Fsp3) is 0.727. The fourth-order valence-corrected chi connectivity index (χ4v) is 9.39. The van der Waals surface area contributed by atoms with Gasteiger partial charge < -0.3 is 9.05 Å². The summed E-state index contributed by atoms with van der Waals surface area (Å²) in [6.45, 7) is 23.2. The number of hydrogen-bond donors (Lipinski definition) is 0. The predicted octanol–water partition coefficient (Wildman–Crippen LogP) is 8.19. The lowest BCUT2D eigenvalue weighted by Crippen LogP contribution is -2.32. The molecule has 1 rings (SSSR count). The SMILES string of the molecule is CC(C)(C)P(=O)(Oc1cccc(OP(=O)(C(C)(C)C)C(C)(C)C)c1)C(C)(C)C. The van der Waals surface area contributed by atoms with Gasteiger partial charge in [0.25, 0.3) is 14.7 Å². The van der Waals surface area contributed by atoms with E-state index in [0.717, 1.165) is 0 Å². The van der Waals surface area contributed by atoms with Gasteiger partial charge in [-0.05, 0) is 12.1 Å². The highest BCUT2D eigenvalue weighted by Gasteiger charge is 2.50. The zero-order valence-electron chi connectivity index (χ0n) is 19.8. The minimum absolute atomic E-state index is 0.472. The van der Waals surface area contributed by atoms with Crippen LogP contribution in [0.5, 0.6) is 11.5 Å². The Balaban J connectivity index is 3.38. The Hall–Kier alpha value is -0.720. The molecule has 0 bridgehead atoms. The number of benzene rings is 1. The average molecular weight is 431 g/mol. The first-order chi connectivity index (χ1) is 12.2. The average Bonchev–Trinajstić information content (AvgIpc) is 2.42. The van der Waals surface area contributed by atoms with Crippen LogP contribution in [0, 0.1) is 0 Å². The molecule has 0 fully saturated rings. The summed E-state index contributed by atoms with van der Waals surface area (Å²) < 4.78 is 39.9. The van der Waals surface area contributed by atoms with Gasteiger partial charge in [0.05, 0.1) is 0 Å². The molecule has 1 aromatic rings. The molecule has 0 radical (unpaired) electrons. The standard InChI is InChI=1S/C22H40O4P2/c1-19(2,3)27(23,20(4,5)6)25-17-14-13-15-18(16-17)26-28(24,21(7,8)9)22(10,11)12/h13-16H,1-12H3. The maximum absolute atomic E-state index is 13.8. The molecule has 0 aromatic heterocycles. The third-order valence-corrected chi connectivity index (χ3v) is 12.8. The Kier molecular flexibility index (Phi) is 6.79. The summed E-state index contributed by atoms with van der Waals surface area (Å²) in [4.78, 5) is 0. The third kappa shape index (κ3) is 4.88. The van der Waals surface area contributed by atoms with Gasteiger partial charge >= 0.3 is 0 Å². The molecule has 0 aliphatic carbocycles. The molecule has 1 aromatic carbocycles. The Labute approximate surface area is 172 Å². The van der Waals surface area contributed by atoms with E-state index in [1.54, 1.807) is 24.3 Å². The number of hydrogen-bond acceptors (Lipinski definition) is 4. The lowest BCUT2D eigenvalue weighted by Gasteiger charge is -2.41. The first-order valence-corrected chi connectivity index (χ1v) is 13.1. The normalized spacial score (nSPS) is 14.7. The summed E-state index contributed by atoms with van der Waals surface area (Å²) in [6.07, 6.45) is 0. The molecule has 0 amide bonds.